The molecule has 125 valence electrons. The van der Waals surface area contributed by atoms with Gasteiger partial charge in [0.25, 0.3) is 0 Å². The summed E-state index contributed by atoms with van der Waals surface area (Å²) in [6.45, 7) is 0.946. The average molecular weight is 335 g/mol. The Morgan fingerprint density at radius 3 is 2.50 bits per heavy atom. The van der Waals surface area contributed by atoms with Crippen LogP contribution in [0.2, 0.25) is 0 Å². The molecule has 1 saturated heterocycles. The van der Waals surface area contributed by atoms with Crippen LogP contribution in [-0.2, 0) is 15.7 Å². The lowest BCUT2D eigenvalue weighted by Crippen LogP contribution is -2.52. The molecule has 1 atom stereocenters. The van der Waals surface area contributed by atoms with Gasteiger partial charge in [-0.15, -0.1) is 0 Å². The molecule has 1 spiro atoms. The summed E-state index contributed by atoms with van der Waals surface area (Å²) in [7, 11) is 0. The van der Waals surface area contributed by atoms with Gasteiger partial charge in [0.05, 0.1) is 19.1 Å². The lowest BCUT2D eigenvalue weighted by molar-refractivity contribution is -0.208. The maximum absolute atomic E-state index is 12.9. The third-order valence-electron chi connectivity index (χ3n) is 4.41. The van der Waals surface area contributed by atoms with Gasteiger partial charge in [-0.3, -0.25) is 9.97 Å². The highest BCUT2D eigenvalue weighted by atomic mass is 19.4. The minimum atomic E-state index is -4.47. The van der Waals surface area contributed by atoms with Gasteiger partial charge in [-0.05, 0) is 29.8 Å². The number of alkyl halides is 3. The normalized spacial score (nSPS) is 23.4. The van der Waals surface area contributed by atoms with Crippen LogP contribution in [0.3, 0.4) is 0 Å². The summed E-state index contributed by atoms with van der Waals surface area (Å²) in [4.78, 5) is 7.77. The Hall–Kier alpha value is -1.99. The van der Waals surface area contributed by atoms with E-state index in [1.807, 2.05) is 12.1 Å². The van der Waals surface area contributed by atoms with E-state index in [9.17, 15) is 13.2 Å². The number of aromatic nitrogens is 2. The highest BCUT2D eigenvalue weighted by molar-refractivity contribution is 5.46. The summed E-state index contributed by atoms with van der Waals surface area (Å²) in [5, 5.41) is 0. The van der Waals surface area contributed by atoms with E-state index in [0.29, 0.717) is 25.2 Å². The molecule has 2 aliphatic rings. The van der Waals surface area contributed by atoms with Crippen molar-refractivity contribution in [2.24, 2.45) is 0 Å². The van der Waals surface area contributed by atoms with E-state index >= 15 is 0 Å². The summed E-state index contributed by atoms with van der Waals surface area (Å²) >= 11 is 0. The van der Waals surface area contributed by atoms with Gasteiger partial charge >= 0.3 is 6.18 Å². The lowest BCUT2D eigenvalue weighted by Gasteiger charge is -2.50. The van der Waals surface area contributed by atoms with Crippen molar-refractivity contribution in [2.75, 3.05) is 13.2 Å². The van der Waals surface area contributed by atoms with Crippen LogP contribution in [0.5, 0.6) is 0 Å². The molecule has 2 aromatic heterocycles. The fraction of sp³-hybridized carbons (Fsp3) is 0.353. The Morgan fingerprint density at radius 2 is 1.83 bits per heavy atom. The molecule has 1 unspecified atom stereocenters. The van der Waals surface area contributed by atoms with E-state index in [2.05, 4.69) is 9.97 Å². The summed E-state index contributed by atoms with van der Waals surface area (Å²) in [6.07, 6.45) is -1.21. The predicted octanol–water partition coefficient (Wildman–Crippen LogP) is 3.35. The molecule has 0 aromatic carbocycles. The van der Waals surface area contributed by atoms with E-state index in [1.54, 1.807) is 18.3 Å². The Morgan fingerprint density at radius 1 is 1.04 bits per heavy atom. The molecule has 1 radical (unpaired) electrons. The van der Waals surface area contributed by atoms with Gasteiger partial charge in [0.2, 0.25) is 0 Å². The van der Waals surface area contributed by atoms with Crippen LogP contribution in [-0.4, -0.2) is 29.0 Å². The molecule has 2 aromatic rings. The van der Waals surface area contributed by atoms with Gasteiger partial charge in [-0.2, -0.15) is 13.2 Å². The van der Waals surface area contributed by atoms with Gasteiger partial charge in [-0.25, -0.2) is 0 Å². The summed E-state index contributed by atoms with van der Waals surface area (Å²) < 4.78 is 50.3. The van der Waals surface area contributed by atoms with Crippen molar-refractivity contribution in [1.29, 1.82) is 0 Å². The zero-order chi connectivity index (χ0) is 16.8. The number of hydrogen-bond acceptors (Lipinski definition) is 4. The van der Waals surface area contributed by atoms with Crippen molar-refractivity contribution in [3.05, 3.63) is 65.6 Å². The Bertz CT molecular complexity index is 730. The van der Waals surface area contributed by atoms with Crippen molar-refractivity contribution in [2.45, 2.75) is 24.3 Å². The number of nitrogens with zero attached hydrogens (tertiary/aromatic N) is 2. The minimum Gasteiger partial charge on any atom is -0.347 e. The molecule has 7 heteroatoms. The number of rotatable bonds is 2. The summed E-state index contributed by atoms with van der Waals surface area (Å²) in [5.74, 6) is -0.307. The van der Waals surface area contributed by atoms with Crippen LogP contribution in [0.4, 0.5) is 13.2 Å². The van der Waals surface area contributed by atoms with Gasteiger partial charge in [0.15, 0.2) is 5.79 Å². The topological polar surface area (TPSA) is 44.2 Å². The van der Waals surface area contributed by atoms with Crippen LogP contribution >= 0.6 is 0 Å². The number of pyridine rings is 2. The van der Waals surface area contributed by atoms with E-state index in [1.165, 1.54) is 6.20 Å². The minimum absolute atomic E-state index is 0.315. The Labute approximate surface area is 136 Å². The molecule has 1 saturated carbocycles. The van der Waals surface area contributed by atoms with Crippen molar-refractivity contribution < 1.29 is 22.6 Å². The average Bonchev–Trinajstić information content (AvgIpc) is 3.05. The molecule has 4 nitrogen and oxygen atoms in total. The molecule has 1 aliphatic carbocycles. The number of ether oxygens (including phenoxy) is 2. The van der Waals surface area contributed by atoms with E-state index in [-0.39, 0.29) is 5.92 Å². The summed E-state index contributed by atoms with van der Waals surface area (Å²) in [6, 6.07) is 8.13. The molecular weight excluding hydrogens is 321 g/mol. The van der Waals surface area contributed by atoms with Crippen LogP contribution in [0.25, 0.3) is 0 Å². The highest BCUT2D eigenvalue weighted by Crippen LogP contribution is 2.58. The molecule has 3 heterocycles. The smallest absolute Gasteiger partial charge is 0.347 e. The monoisotopic (exact) mass is 335 g/mol. The van der Waals surface area contributed by atoms with Gasteiger partial charge < -0.3 is 9.47 Å². The van der Waals surface area contributed by atoms with Gasteiger partial charge in [0.1, 0.15) is 5.69 Å². The van der Waals surface area contributed by atoms with Crippen molar-refractivity contribution in [1.82, 2.24) is 9.97 Å². The lowest BCUT2D eigenvalue weighted by atomic mass is 9.63. The predicted molar refractivity (Wildman–Crippen MR) is 77.8 cm³/mol. The van der Waals surface area contributed by atoms with E-state index < -0.39 is 17.7 Å². The third-order valence-corrected chi connectivity index (χ3v) is 4.41. The van der Waals surface area contributed by atoms with E-state index in [0.717, 1.165) is 17.7 Å². The van der Waals surface area contributed by atoms with Gasteiger partial charge in [-0.1, -0.05) is 6.07 Å². The molecule has 1 aliphatic heterocycles. The SMILES string of the molecule is FC(F)(F)c1cc([C]2CC3(OCCO3)C2c2ccccn2)ccn1. The number of hydrogen-bond donors (Lipinski definition) is 0. The molecular formula is C17H14F3N2O2. The van der Waals surface area contributed by atoms with E-state index in [4.69, 9.17) is 9.47 Å². The largest absolute Gasteiger partial charge is 0.433 e. The molecule has 0 N–H and O–H groups in total. The maximum atomic E-state index is 12.9. The Kier molecular flexibility index (Phi) is 3.58. The molecule has 2 fully saturated rings. The molecule has 24 heavy (non-hydrogen) atoms. The molecule has 0 amide bonds. The maximum Gasteiger partial charge on any atom is 0.433 e. The zero-order valence-corrected chi connectivity index (χ0v) is 12.6. The molecule has 4 rings (SSSR count). The first-order chi connectivity index (χ1) is 11.5. The fourth-order valence-electron chi connectivity index (χ4n) is 3.35. The van der Waals surface area contributed by atoms with Gasteiger partial charge in [0, 0.05) is 30.4 Å². The van der Waals surface area contributed by atoms with Crippen LogP contribution < -0.4 is 0 Å². The fourth-order valence-corrected chi connectivity index (χ4v) is 3.35. The standard InChI is InChI=1S/C17H14F3N2O2/c18-17(19,20)14-9-11(4-6-22-14)12-10-16(23-7-8-24-16)15(12)13-3-1-2-5-21-13/h1-6,9,15H,7-8,10H2. The highest BCUT2D eigenvalue weighted by Gasteiger charge is 2.60. The van der Waals surface area contributed by atoms with Crippen LogP contribution in [0, 0.1) is 5.92 Å². The second-order valence-electron chi connectivity index (χ2n) is 5.83. The first-order valence-electron chi connectivity index (χ1n) is 7.58. The van der Waals surface area contributed by atoms with Crippen molar-refractivity contribution in [3.8, 4) is 0 Å². The number of halogens is 3. The zero-order valence-electron chi connectivity index (χ0n) is 12.6. The quantitative estimate of drug-likeness (QED) is 0.844. The second-order valence-corrected chi connectivity index (χ2v) is 5.83. The van der Waals surface area contributed by atoms with Crippen LogP contribution in [0.15, 0.2) is 42.7 Å². The second kappa shape index (κ2) is 5.53. The van der Waals surface area contributed by atoms with Crippen LogP contribution in [0.1, 0.15) is 29.3 Å². The summed E-state index contributed by atoms with van der Waals surface area (Å²) in [5.41, 5.74) is 0.324. The molecule has 0 bridgehead atoms. The Balaban J connectivity index is 1.71. The first kappa shape index (κ1) is 15.5. The van der Waals surface area contributed by atoms with Crippen molar-refractivity contribution >= 4 is 0 Å². The van der Waals surface area contributed by atoms with Crippen molar-refractivity contribution in [3.63, 3.8) is 0 Å². The third kappa shape index (κ3) is 2.48. The first-order valence-corrected chi connectivity index (χ1v) is 7.58.